The molecule has 1 atom stereocenters. The Labute approximate surface area is 164 Å². The third-order valence-electron chi connectivity index (χ3n) is 4.08. The van der Waals surface area contributed by atoms with E-state index in [1.165, 1.54) is 17.6 Å². The average molecular weight is 405 g/mol. The van der Waals surface area contributed by atoms with Crippen molar-refractivity contribution < 1.29 is 19.1 Å². The Morgan fingerprint density at radius 2 is 2.00 bits per heavy atom. The summed E-state index contributed by atoms with van der Waals surface area (Å²) in [5.41, 5.74) is -0.465. The first-order chi connectivity index (χ1) is 12.9. The molecule has 6 nitrogen and oxygen atoms in total. The van der Waals surface area contributed by atoms with Crippen molar-refractivity contribution in [3.8, 4) is 0 Å². The van der Waals surface area contributed by atoms with Crippen LogP contribution < -0.4 is 10.6 Å². The van der Waals surface area contributed by atoms with Crippen molar-refractivity contribution >= 4 is 40.4 Å². The van der Waals surface area contributed by atoms with Crippen LogP contribution in [0.25, 0.3) is 0 Å². The Hall–Kier alpha value is -2.61. The number of carbonyl (C=O) groups excluding carboxylic acids is 2. The minimum absolute atomic E-state index is 0.220. The van der Waals surface area contributed by atoms with Crippen molar-refractivity contribution in [1.29, 1.82) is 0 Å². The number of hydrogen-bond acceptors (Lipinski definition) is 5. The summed E-state index contributed by atoms with van der Waals surface area (Å²) in [5.74, 6) is -1.46. The average Bonchev–Trinajstić information content (AvgIpc) is 3.37. The van der Waals surface area contributed by atoms with Crippen LogP contribution >= 0.6 is 22.9 Å². The number of aliphatic hydroxyl groups is 1. The molecule has 2 aromatic heterocycles. The third-order valence-corrected chi connectivity index (χ3v) is 5.51. The molecular weight excluding hydrogens is 388 g/mol. The van der Waals surface area contributed by atoms with Gasteiger partial charge in [-0.3, -0.25) is 9.59 Å². The van der Waals surface area contributed by atoms with E-state index in [-0.39, 0.29) is 12.3 Å². The lowest BCUT2D eigenvalue weighted by atomic mass is 9.98. The summed E-state index contributed by atoms with van der Waals surface area (Å²) in [5, 5.41) is 18.4. The number of amides is 2. The predicted molar refractivity (Wildman–Crippen MR) is 104 cm³/mol. The highest BCUT2D eigenvalue weighted by atomic mass is 35.5. The van der Waals surface area contributed by atoms with Crippen molar-refractivity contribution in [3.05, 3.63) is 75.3 Å². The number of carbonyl (C=O) groups is 2. The molecular formula is C19H17ClN2O4S. The van der Waals surface area contributed by atoms with E-state index in [1.54, 1.807) is 54.8 Å². The molecule has 0 aliphatic carbocycles. The fourth-order valence-corrected chi connectivity index (χ4v) is 3.54. The number of thiophene rings is 1. The SMILES string of the molecule is Cc1c(Cl)cccc1NC(=O)C(=O)NC[C@@](O)(c1ccco1)c1cccs1. The number of nitrogens with one attached hydrogen (secondary N) is 2. The minimum Gasteiger partial charge on any atom is -0.466 e. The summed E-state index contributed by atoms with van der Waals surface area (Å²) in [4.78, 5) is 25.0. The largest absolute Gasteiger partial charge is 0.466 e. The van der Waals surface area contributed by atoms with Gasteiger partial charge < -0.3 is 20.2 Å². The maximum absolute atomic E-state index is 12.2. The number of anilines is 1. The first-order valence-electron chi connectivity index (χ1n) is 8.06. The molecule has 0 unspecified atom stereocenters. The molecule has 0 spiro atoms. The van der Waals surface area contributed by atoms with E-state index in [2.05, 4.69) is 10.6 Å². The van der Waals surface area contributed by atoms with E-state index in [4.69, 9.17) is 16.0 Å². The number of furan rings is 1. The van der Waals surface area contributed by atoms with Crippen LogP contribution in [0, 0.1) is 6.92 Å². The molecule has 140 valence electrons. The van der Waals surface area contributed by atoms with Gasteiger partial charge in [0.15, 0.2) is 5.60 Å². The van der Waals surface area contributed by atoms with Crippen molar-refractivity contribution in [1.82, 2.24) is 5.32 Å². The lowest BCUT2D eigenvalue weighted by Crippen LogP contribution is -2.44. The first-order valence-corrected chi connectivity index (χ1v) is 9.32. The van der Waals surface area contributed by atoms with E-state index in [0.29, 0.717) is 21.2 Å². The highest BCUT2D eigenvalue weighted by Gasteiger charge is 2.36. The Kier molecular flexibility index (Phi) is 5.65. The molecule has 8 heteroatoms. The van der Waals surface area contributed by atoms with E-state index >= 15 is 0 Å². The zero-order valence-electron chi connectivity index (χ0n) is 14.4. The number of rotatable bonds is 5. The van der Waals surface area contributed by atoms with Crippen LogP contribution in [0.5, 0.6) is 0 Å². The van der Waals surface area contributed by atoms with Gasteiger partial charge >= 0.3 is 11.8 Å². The molecule has 0 saturated carbocycles. The molecule has 1 aromatic carbocycles. The van der Waals surface area contributed by atoms with Gasteiger partial charge in [-0.1, -0.05) is 23.7 Å². The zero-order chi connectivity index (χ0) is 19.4. The number of hydrogen-bond donors (Lipinski definition) is 3. The summed E-state index contributed by atoms with van der Waals surface area (Å²) in [6, 6.07) is 11.8. The maximum atomic E-state index is 12.2. The Morgan fingerprint density at radius 3 is 2.67 bits per heavy atom. The molecule has 3 N–H and O–H groups in total. The number of benzene rings is 1. The van der Waals surface area contributed by atoms with Crippen LogP contribution in [0.15, 0.2) is 58.5 Å². The van der Waals surface area contributed by atoms with Gasteiger partial charge in [0.2, 0.25) is 0 Å². The summed E-state index contributed by atoms with van der Waals surface area (Å²) in [6.07, 6.45) is 1.43. The second-order valence-corrected chi connectivity index (χ2v) is 7.22. The van der Waals surface area contributed by atoms with Gasteiger partial charge in [-0.2, -0.15) is 0 Å². The maximum Gasteiger partial charge on any atom is 0.313 e. The Bertz CT molecular complexity index is 905. The molecule has 0 bridgehead atoms. The van der Waals surface area contributed by atoms with Gasteiger partial charge in [-0.25, -0.2) is 0 Å². The van der Waals surface area contributed by atoms with Crippen LogP contribution in [-0.2, 0) is 15.2 Å². The molecule has 27 heavy (non-hydrogen) atoms. The Balaban J connectivity index is 1.71. The van der Waals surface area contributed by atoms with Crippen LogP contribution in [0.2, 0.25) is 5.02 Å². The quantitative estimate of drug-likeness (QED) is 0.569. The minimum atomic E-state index is -1.57. The molecule has 0 fully saturated rings. The van der Waals surface area contributed by atoms with Gasteiger partial charge in [0.25, 0.3) is 0 Å². The fourth-order valence-electron chi connectivity index (χ4n) is 2.53. The molecule has 2 heterocycles. The van der Waals surface area contributed by atoms with Gasteiger partial charge in [0, 0.05) is 15.6 Å². The Morgan fingerprint density at radius 1 is 1.19 bits per heavy atom. The predicted octanol–water partition coefficient (Wildman–Crippen LogP) is 3.29. The molecule has 3 rings (SSSR count). The molecule has 0 radical (unpaired) electrons. The van der Waals surface area contributed by atoms with Crippen LogP contribution in [0.4, 0.5) is 5.69 Å². The van der Waals surface area contributed by atoms with Crippen molar-refractivity contribution in [3.63, 3.8) is 0 Å². The van der Waals surface area contributed by atoms with Crippen molar-refractivity contribution in [2.24, 2.45) is 0 Å². The smallest absolute Gasteiger partial charge is 0.313 e. The van der Waals surface area contributed by atoms with Crippen LogP contribution in [0.1, 0.15) is 16.2 Å². The highest BCUT2D eigenvalue weighted by molar-refractivity contribution is 7.10. The highest BCUT2D eigenvalue weighted by Crippen LogP contribution is 2.32. The van der Waals surface area contributed by atoms with E-state index in [1.807, 2.05) is 0 Å². The van der Waals surface area contributed by atoms with Gasteiger partial charge in [0.05, 0.1) is 12.8 Å². The standard InChI is InChI=1S/C19H17ClN2O4S/c1-12-13(20)5-2-6-14(12)22-18(24)17(23)21-11-19(25,15-7-3-9-26-15)16-8-4-10-27-16/h2-10,25H,11H2,1H3,(H,21,23)(H,22,24)/t19-/m1/s1. The van der Waals surface area contributed by atoms with Crippen molar-refractivity contribution in [2.75, 3.05) is 11.9 Å². The monoisotopic (exact) mass is 404 g/mol. The fraction of sp³-hybridized carbons (Fsp3) is 0.158. The summed E-state index contributed by atoms with van der Waals surface area (Å²) in [7, 11) is 0. The lowest BCUT2D eigenvalue weighted by Gasteiger charge is -2.25. The lowest BCUT2D eigenvalue weighted by molar-refractivity contribution is -0.136. The van der Waals surface area contributed by atoms with Crippen molar-refractivity contribution in [2.45, 2.75) is 12.5 Å². The molecule has 3 aromatic rings. The number of halogens is 1. The molecule has 0 aliphatic heterocycles. The third kappa shape index (κ3) is 4.05. The second kappa shape index (κ2) is 7.96. The van der Waals surface area contributed by atoms with Gasteiger partial charge in [0.1, 0.15) is 5.76 Å². The van der Waals surface area contributed by atoms with E-state index in [0.717, 1.165) is 0 Å². The summed E-state index contributed by atoms with van der Waals surface area (Å²) >= 11 is 7.34. The molecule has 0 saturated heterocycles. The van der Waals surface area contributed by atoms with Crippen LogP contribution in [-0.4, -0.2) is 23.5 Å². The normalized spacial score (nSPS) is 13.0. The molecule has 0 aliphatic rings. The second-order valence-electron chi connectivity index (χ2n) is 5.86. The zero-order valence-corrected chi connectivity index (χ0v) is 15.9. The molecule has 2 amide bonds. The van der Waals surface area contributed by atoms with Gasteiger partial charge in [-0.15, -0.1) is 11.3 Å². The topological polar surface area (TPSA) is 91.6 Å². The summed E-state index contributed by atoms with van der Waals surface area (Å²) in [6.45, 7) is 1.52. The van der Waals surface area contributed by atoms with E-state index in [9.17, 15) is 14.7 Å². The van der Waals surface area contributed by atoms with Crippen LogP contribution in [0.3, 0.4) is 0 Å². The van der Waals surface area contributed by atoms with Gasteiger partial charge in [-0.05, 0) is 48.2 Å². The summed E-state index contributed by atoms with van der Waals surface area (Å²) < 4.78 is 5.33. The van der Waals surface area contributed by atoms with E-state index < -0.39 is 17.4 Å². The first kappa shape index (κ1) is 19.2.